The van der Waals surface area contributed by atoms with E-state index in [0.29, 0.717) is 79.6 Å². The zero-order valence-corrected chi connectivity index (χ0v) is 69.9. The van der Waals surface area contributed by atoms with E-state index in [1.54, 1.807) is 50.7 Å². The number of aromatic nitrogens is 20. The molecule has 1 saturated heterocycles. The third-order valence-electron chi connectivity index (χ3n) is 19.2. The highest BCUT2D eigenvalue weighted by Gasteiger charge is 2.22. The minimum Gasteiger partial charge on any atom is -0.379 e. The first kappa shape index (κ1) is 91.5. The fraction of sp³-hybridized carbons (Fsp3) is 0.583. The summed E-state index contributed by atoms with van der Waals surface area (Å²) in [5.41, 5.74) is -1.18. The Balaban J connectivity index is 0.000000201. The van der Waals surface area contributed by atoms with Crippen molar-refractivity contribution in [3.63, 3.8) is 0 Å². The number of amides is 4. The first-order valence-corrected chi connectivity index (χ1v) is 38.5. The van der Waals surface area contributed by atoms with Gasteiger partial charge < -0.3 is 64.0 Å². The van der Waals surface area contributed by atoms with Crippen LogP contribution < -0.4 is 82.8 Å². The van der Waals surface area contributed by atoms with Crippen molar-refractivity contribution in [1.29, 1.82) is 0 Å². The molecule has 10 aromatic heterocycles. The fourth-order valence-electron chi connectivity index (χ4n) is 12.4. The Hall–Kier alpha value is -11.6. The van der Waals surface area contributed by atoms with Gasteiger partial charge in [-0.2, -0.15) is 0 Å². The summed E-state index contributed by atoms with van der Waals surface area (Å²) in [5, 5.41) is 14.5. The Morgan fingerprint density at radius 1 is 0.362 bits per heavy atom. The van der Waals surface area contributed by atoms with E-state index >= 15 is 0 Å². The summed E-state index contributed by atoms with van der Waals surface area (Å²) in [5.74, 6) is -0.582. The Bertz CT molecular complexity index is 5800. The predicted octanol–water partition coefficient (Wildman–Crippen LogP) is -4.44. The van der Waals surface area contributed by atoms with E-state index in [9.17, 15) is 67.1 Å². The topological polar surface area (TPSA) is 456 Å². The largest absolute Gasteiger partial charge is 0.379 e. The van der Waals surface area contributed by atoms with Gasteiger partial charge in [0.1, 0.15) is 19.6 Å². The lowest BCUT2D eigenvalue weighted by atomic mass is 10.2. The molecule has 0 aliphatic carbocycles. The van der Waals surface area contributed by atoms with Crippen LogP contribution >= 0.6 is 12.2 Å². The molecule has 0 spiro atoms. The fourth-order valence-corrected chi connectivity index (χ4v) is 12.6. The molecule has 4 amide bonds. The number of hydrogen-bond acceptors (Lipinski definition) is 24. The number of hydrogen-bond donors (Lipinski definition) is 5. The van der Waals surface area contributed by atoms with Crippen molar-refractivity contribution in [2.45, 2.75) is 104 Å². The maximum atomic E-state index is 12.3. The molecule has 0 aromatic carbocycles. The van der Waals surface area contributed by atoms with Crippen LogP contribution in [0.2, 0.25) is 0 Å². The number of fused-ring (bicyclic) bond motifs is 5. The van der Waals surface area contributed by atoms with Gasteiger partial charge >= 0.3 is 28.4 Å². The molecule has 0 saturated carbocycles. The molecule has 634 valence electrons. The number of nitrogens with zero attached hydrogens (tertiary/aromatic N) is 23. The van der Waals surface area contributed by atoms with Crippen molar-refractivity contribution in [2.24, 2.45) is 70.5 Å². The Morgan fingerprint density at radius 3 is 1.03 bits per heavy atom. The number of imidazole rings is 5. The molecule has 11 heterocycles. The lowest BCUT2D eigenvalue weighted by Gasteiger charge is -2.26. The molecule has 116 heavy (non-hydrogen) atoms. The summed E-state index contributed by atoms with van der Waals surface area (Å²) in [6.45, 7) is 13.9. The van der Waals surface area contributed by atoms with Gasteiger partial charge in [0.15, 0.2) is 55.8 Å². The number of thiocarbonyl (C=S) groups is 1. The average molecular weight is 1640 g/mol. The molecule has 0 unspecified atom stereocenters. The first-order chi connectivity index (χ1) is 55.1. The molecular weight excluding hydrogens is 1530 g/mol. The molecule has 5 N–H and O–H groups in total. The second-order valence-corrected chi connectivity index (χ2v) is 29.0. The average Bonchev–Trinajstić information content (AvgIpc) is 1.63. The van der Waals surface area contributed by atoms with E-state index in [4.69, 9.17) is 17.0 Å². The van der Waals surface area contributed by atoms with Gasteiger partial charge in [0.25, 0.3) is 27.8 Å². The maximum absolute atomic E-state index is 12.3. The standard InChI is InChI=1S/C16H24N6O4.C15H23N5O3.C14H22N6O3.C14H22N6O2S.C13H19N5O3/c1-19-14-13(15(24)20(2)16(19)25)22(11-18-14)10-12(23)17-4-3-5-21-6-8-26-9-7-21;1-4-5-6-7-8-16-11(21)9-20-10-17-13-12(20)14(22)19(3)15(23)18(13)2;1-17(2)7-5-10(21)15-6-8-20-9-16-12-11(20)13(22)19(4)14(23)18(12)3;1-17(2)7-5-6-15-10(23)8-20-9-16-12-11(20)13(21)19(4)14(22)18(12)3;1-4-5-6-14-9(19)7-18-8-15-11-10(18)12(20)17(3)13(21)16(11)2/h11H,3-10H2,1-2H3,(H,17,23);10H,4-9H2,1-3H3,(H,16,21);9H,5-8H2,1-4H3,(H,15,21);9H,5-8H2,1-4H3,(H,15,23);8H,4-7H2,1-3H3,(H,14,19). The van der Waals surface area contributed by atoms with Gasteiger partial charge in [-0.15, -0.1) is 0 Å². The zero-order valence-electron chi connectivity index (χ0n) is 69.1. The number of carbonyl (C=O) groups excluding carboxylic acids is 4. The lowest BCUT2D eigenvalue weighted by molar-refractivity contribution is -0.122. The number of carbonyl (C=O) groups is 4. The summed E-state index contributed by atoms with van der Waals surface area (Å²) >= 11 is 5.33. The summed E-state index contributed by atoms with van der Waals surface area (Å²) in [7, 11) is 22.8. The summed E-state index contributed by atoms with van der Waals surface area (Å²) in [6, 6.07) is 0. The molecule has 10 aromatic rings. The van der Waals surface area contributed by atoms with E-state index in [1.807, 2.05) is 40.0 Å². The summed E-state index contributed by atoms with van der Waals surface area (Å²) in [6.07, 6.45) is 15.8. The van der Waals surface area contributed by atoms with Crippen molar-refractivity contribution in [1.82, 2.24) is 135 Å². The van der Waals surface area contributed by atoms with Crippen LogP contribution in [0.3, 0.4) is 0 Å². The van der Waals surface area contributed by atoms with Crippen LogP contribution in [0, 0.1) is 0 Å². The Kier molecular flexibility index (Phi) is 33.7. The van der Waals surface area contributed by atoms with Gasteiger partial charge in [0.2, 0.25) is 23.6 Å². The second-order valence-electron chi connectivity index (χ2n) is 28.5. The van der Waals surface area contributed by atoms with Crippen LogP contribution in [0.1, 0.15) is 71.6 Å². The molecule has 43 nitrogen and oxygen atoms in total. The number of unbranched alkanes of at least 4 members (excludes halogenated alkanes) is 4. The van der Waals surface area contributed by atoms with Gasteiger partial charge in [-0.25, -0.2) is 48.9 Å². The minimum absolute atomic E-state index is 0.00760. The predicted molar refractivity (Wildman–Crippen MR) is 441 cm³/mol. The smallest absolute Gasteiger partial charge is 0.332 e. The summed E-state index contributed by atoms with van der Waals surface area (Å²) < 4.78 is 24.8. The molecule has 1 fully saturated rings. The van der Waals surface area contributed by atoms with Crippen molar-refractivity contribution in [3.8, 4) is 0 Å². The molecule has 44 heteroatoms. The normalized spacial score (nSPS) is 12.2. The highest BCUT2D eigenvalue weighted by molar-refractivity contribution is 7.80. The van der Waals surface area contributed by atoms with Crippen molar-refractivity contribution in [2.75, 3.05) is 107 Å². The van der Waals surface area contributed by atoms with E-state index < -0.39 is 45.1 Å². The van der Waals surface area contributed by atoms with Crippen LogP contribution in [0.25, 0.3) is 55.8 Å². The van der Waals surface area contributed by atoms with Gasteiger partial charge in [-0.05, 0) is 67.0 Å². The maximum Gasteiger partial charge on any atom is 0.332 e. The Morgan fingerprint density at radius 2 is 0.672 bits per heavy atom. The van der Waals surface area contributed by atoms with Crippen LogP contribution in [-0.2, 0) is 127 Å². The summed E-state index contributed by atoms with van der Waals surface area (Å²) in [4.78, 5) is 196. The molecule has 0 bridgehead atoms. The highest BCUT2D eigenvalue weighted by Crippen LogP contribution is 2.11. The third kappa shape index (κ3) is 22.9. The molecule has 1 aliphatic rings. The number of morpholine rings is 1. The molecule has 0 radical (unpaired) electrons. The lowest BCUT2D eigenvalue weighted by Crippen LogP contribution is -2.39. The van der Waals surface area contributed by atoms with Gasteiger partial charge in [0.05, 0.1) is 56.4 Å². The molecule has 1 aliphatic heterocycles. The zero-order chi connectivity index (χ0) is 85.5. The van der Waals surface area contributed by atoms with Crippen molar-refractivity contribution >= 4 is 96.7 Å². The van der Waals surface area contributed by atoms with Crippen LogP contribution in [0.4, 0.5) is 0 Å². The number of rotatable bonds is 30. The second kappa shape index (κ2) is 42.6. The van der Waals surface area contributed by atoms with Crippen LogP contribution in [0.5, 0.6) is 0 Å². The van der Waals surface area contributed by atoms with Crippen molar-refractivity contribution in [3.05, 3.63) is 136 Å². The van der Waals surface area contributed by atoms with E-state index in [1.165, 1.54) is 97.1 Å². The monoisotopic (exact) mass is 1640 g/mol. The van der Waals surface area contributed by atoms with E-state index in [-0.39, 0.29) is 87.9 Å². The Labute approximate surface area is 669 Å². The minimum atomic E-state index is -0.458. The van der Waals surface area contributed by atoms with Crippen molar-refractivity contribution < 1.29 is 23.9 Å². The van der Waals surface area contributed by atoms with Gasteiger partial charge in [-0.1, -0.05) is 51.7 Å². The van der Waals surface area contributed by atoms with Crippen LogP contribution in [-0.4, -0.2) is 244 Å². The number of aryl methyl sites for hydroxylation is 5. The molecule has 11 rings (SSSR count). The van der Waals surface area contributed by atoms with E-state index in [0.717, 1.165) is 120 Å². The number of ether oxygens (including phenoxy) is 1. The quantitative estimate of drug-likeness (QED) is 0.0209. The van der Waals surface area contributed by atoms with E-state index in [2.05, 4.69) is 68.2 Å². The van der Waals surface area contributed by atoms with Gasteiger partial charge in [-0.3, -0.25) is 93.7 Å². The number of nitrogens with one attached hydrogen (secondary N) is 5. The highest BCUT2D eigenvalue weighted by atomic mass is 32.1. The third-order valence-corrected chi connectivity index (χ3v) is 19.5. The first-order valence-electron chi connectivity index (χ1n) is 38.1. The van der Waals surface area contributed by atoms with Gasteiger partial charge in [0, 0.05) is 136 Å². The molecular formula is C72H110N28O15S. The van der Waals surface area contributed by atoms with Crippen LogP contribution in [0.15, 0.2) is 79.6 Å². The molecule has 0 atom stereocenters. The SMILES string of the molecule is CCCCCCNC(=O)Cn1cnc2c1c(=O)n(C)c(=O)n2C.CCCCNC(=O)Cn1cnc2c1c(=O)n(C)c(=O)n2C.CN(C)CCC(=O)NCCn1cnc2c1c(=O)n(C)c(=O)n2C.CN(C)CCCNC(=S)Cn1cnc2c1c(=O)n(C)c(=O)n2C.Cn1c(=O)c2c(ncn2CC(=O)NCCCN2CCOCC2)n(C)c1=O.